The number of benzene rings is 3. The lowest BCUT2D eigenvalue weighted by atomic mass is 10.1. The highest BCUT2D eigenvalue weighted by Gasteiger charge is 2.20. The number of nitrogens with zero attached hydrogens (tertiary/aromatic N) is 3. The molecule has 0 bridgehead atoms. The van der Waals surface area contributed by atoms with Gasteiger partial charge in [0.05, 0.1) is 5.69 Å². The summed E-state index contributed by atoms with van der Waals surface area (Å²) in [7, 11) is 0. The van der Waals surface area contributed by atoms with E-state index >= 15 is 0 Å². The van der Waals surface area contributed by atoms with Crippen LogP contribution < -0.4 is 14.4 Å². The number of para-hydroxylation sites is 1. The van der Waals surface area contributed by atoms with E-state index in [1.165, 1.54) is 5.56 Å². The molecule has 2 aliphatic heterocycles. The van der Waals surface area contributed by atoms with E-state index in [0.717, 1.165) is 77.7 Å². The Kier molecular flexibility index (Phi) is 8.56. The monoisotopic (exact) mass is 537 g/mol. The van der Waals surface area contributed by atoms with Crippen LogP contribution in [0.4, 0.5) is 5.69 Å². The van der Waals surface area contributed by atoms with E-state index in [2.05, 4.69) is 28.0 Å². The van der Waals surface area contributed by atoms with Gasteiger partial charge in [0.15, 0.2) is 11.5 Å². The Morgan fingerprint density at radius 1 is 0.946 bits per heavy atom. The second kappa shape index (κ2) is 12.2. The fraction of sp³-hybridized carbons (Fsp3) is 0.345. The highest BCUT2D eigenvalue weighted by Crippen LogP contribution is 2.36. The first-order valence-electron chi connectivity index (χ1n) is 12.7. The smallest absolute Gasteiger partial charge is 0.231 e. The molecule has 2 heterocycles. The minimum atomic E-state index is 0.0673. The van der Waals surface area contributed by atoms with Gasteiger partial charge in [-0.3, -0.25) is 9.69 Å². The second-order valence-electron chi connectivity index (χ2n) is 9.35. The Morgan fingerprint density at radius 2 is 1.68 bits per heavy atom. The van der Waals surface area contributed by atoms with Crippen molar-refractivity contribution in [2.24, 2.45) is 0 Å². The molecule has 0 N–H and O–H groups in total. The Balaban J connectivity index is 1.12. The maximum atomic E-state index is 12.6. The summed E-state index contributed by atoms with van der Waals surface area (Å²) in [5, 5.41) is 0.719. The van der Waals surface area contributed by atoms with Crippen LogP contribution in [-0.2, 0) is 11.3 Å². The Bertz CT molecular complexity index is 1220. The maximum Gasteiger partial charge on any atom is 0.231 e. The van der Waals surface area contributed by atoms with Crippen molar-refractivity contribution in [1.29, 1.82) is 0 Å². The first-order chi connectivity index (χ1) is 18.0. The highest BCUT2D eigenvalue weighted by atomic mass is 35.5. The van der Waals surface area contributed by atoms with Gasteiger partial charge in [-0.15, -0.1) is 0 Å². The standard InChI is InChI=1S/C29H32ClN3O3S/c1-22(34)33(26-5-2-3-6-29(26)37-25-10-8-24(30)9-11-25)14-4-13-31-15-17-32(18-16-31)20-23-7-12-27-28(19-23)36-21-35-27/h2-3,5-12,19H,4,13-18,20-21H2,1H3. The quantitative estimate of drug-likeness (QED) is 0.345. The maximum absolute atomic E-state index is 12.6. The Morgan fingerprint density at radius 3 is 2.46 bits per heavy atom. The summed E-state index contributed by atoms with van der Waals surface area (Å²) in [4.78, 5) is 21.7. The van der Waals surface area contributed by atoms with Gasteiger partial charge in [0, 0.05) is 61.0 Å². The van der Waals surface area contributed by atoms with E-state index in [1.54, 1.807) is 18.7 Å². The number of fused-ring (bicyclic) bond motifs is 1. The zero-order chi connectivity index (χ0) is 25.6. The first-order valence-corrected chi connectivity index (χ1v) is 13.9. The molecular weight excluding hydrogens is 506 g/mol. The summed E-state index contributed by atoms with van der Waals surface area (Å²) in [5.41, 5.74) is 2.22. The van der Waals surface area contributed by atoms with Crippen LogP contribution >= 0.6 is 23.4 Å². The third-order valence-electron chi connectivity index (χ3n) is 6.74. The van der Waals surface area contributed by atoms with Crippen molar-refractivity contribution in [1.82, 2.24) is 9.80 Å². The van der Waals surface area contributed by atoms with E-state index in [9.17, 15) is 4.79 Å². The van der Waals surface area contributed by atoms with Gasteiger partial charge in [-0.1, -0.05) is 41.6 Å². The van der Waals surface area contributed by atoms with E-state index < -0.39 is 0 Å². The number of amides is 1. The van der Waals surface area contributed by atoms with Crippen molar-refractivity contribution in [3.8, 4) is 11.5 Å². The van der Waals surface area contributed by atoms with Crippen molar-refractivity contribution in [3.05, 3.63) is 77.3 Å². The zero-order valence-corrected chi connectivity index (χ0v) is 22.6. The average Bonchev–Trinajstić information content (AvgIpc) is 3.37. The molecule has 0 aromatic heterocycles. The number of anilines is 1. The van der Waals surface area contributed by atoms with E-state index in [0.29, 0.717) is 13.3 Å². The molecule has 2 aliphatic rings. The number of rotatable bonds is 9. The lowest BCUT2D eigenvalue weighted by Gasteiger charge is -2.35. The van der Waals surface area contributed by atoms with Crippen molar-refractivity contribution >= 4 is 35.0 Å². The average molecular weight is 538 g/mol. The van der Waals surface area contributed by atoms with Crippen molar-refractivity contribution in [2.75, 3.05) is 51.0 Å². The van der Waals surface area contributed by atoms with Crippen LogP contribution in [0.5, 0.6) is 11.5 Å². The second-order valence-corrected chi connectivity index (χ2v) is 10.9. The molecule has 0 spiro atoms. The molecule has 0 aliphatic carbocycles. The van der Waals surface area contributed by atoms with Gasteiger partial charge in [0.25, 0.3) is 0 Å². The highest BCUT2D eigenvalue weighted by molar-refractivity contribution is 7.99. The molecule has 0 unspecified atom stereocenters. The summed E-state index contributed by atoms with van der Waals surface area (Å²) in [6.07, 6.45) is 0.932. The summed E-state index contributed by atoms with van der Waals surface area (Å²) >= 11 is 7.70. The predicted octanol–water partition coefficient (Wildman–Crippen LogP) is 5.78. The molecule has 5 rings (SSSR count). The molecule has 1 saturated heterocycles. The Hall–Kier alpha value is -2.71. The van der Waals surface area contributed by atoms with E-state index in [-0.39, 0.29) is 5.91 Å². The lowest BCUT2D eigenvalue weighted by Crippen LogP contribution is -2.46. The van der Waals surface area contributed by atoms with Crippen LogP contribution in [0.15, 0.2) is 76.5 Å². The molecule has 0 radical (unpaired) electrons. The van der Waals surface area contributed by atoms with Crippen LogP contribution in [0, 0.1) is 0 Å². The zero-order valence-electron chi connectivity index (χ0n) is 21.1. The third kappa shape index (κ3) is 6.79. The minimum absolute atomic E-state index is 0.0673. The van der Waals surface area contributed by atoms with Crippen molar-refractivity contribution in [2.45, 2.75) is 29.7 Å². The molecule has 3 aromatic carbocycles. The summed E-state index contributed by atoms with van der Waals surface area (Å²) in [6, 6.07) is 22.1. The van der Waals surface area contributed by atoms with Gasteiger partial charge >= 0.3 is 0 Å². The van der Waals surface area contributed by atoms with Gasteiger partial charge in [0.2, 0.25) is 12.7 Å². The first kappa shape index (κ1) is 25.9. The van der Waals surface area contributed by atoms with Crippen LogP contribution in [0.25, 0.3) is 0 Å². The number of carbonyl (C=O) groups excluding carboxylic acids is 1. The van der Waals surface area contributed by atoms with Gasteiger partial charge in [-0.2, -0.15) is 0 Å². The molecule has 1 fully saturated rings. The lowest BCUT2D eigenvalue weighted by molar-refractivity contribution is -0.116. The van der Waals surface area contributed by atoms with Crippen LogP contribution in [0.2, 0.25) is 5.02 Å². The molecule has 194 valence electrons. The Labute approximate surface area is 228 Å². The van der Waals surface area contributed by atoms with Gasteiger partial charge < -0.3 is 19.3 Å². The summed E-state index contributed by atoms with van der Waals surface area (Å²) in [5.74, 6) is 1.75. The normalized spacial score (nSPS) is 15.6. The summed E-state index contributed by atoms with van der Waals surface area (Å²) in [6.45, 7) is 8.70. The SMILES string of the molecule is CC(=O)N(CCCN1CCN(Cc2ccc3c(c2)OCO3)CC1)c1ccccc1Sc1ccc(Cl)cc1. The van der Waals surface area contributed by atoms with Crippen molar-refractivity contribution in [3.63, 3.8) is 0 Å². The van der Waals surface area contributed by atoms with Crippen molar-refractivity contribution < 1.29 is 14.3 Å². The third-order valence-corrected chi connectivity index (χ3v) is 8.07. The molecule has 3 aromatic rings. The number of piperazine rings is 1. The van der Waals surface area contributed by atoms with E-state index in [4.69, 9.17) is 21.1 Å². The van der Waals surface area contributed by atoms with Crippen LogP contribution in [-0.4, -0.2) is 61.8 Å². The predicted molar refractivity (Wildman–Crippen MR) is 149 cm³/mol. The van der Waals surface area contributed by atoms with Gasteiger partial charge in [-0.25, -0.2) is 0 Å². The summed E-state index contributed by atoms with van der Waals surface area (Å²) < 4.78 is 10.9. The largest absolute Gasteiger partial charge is 0.454 e. The van der Waals surface area contributed by atoms with Crippen LogP contribution in [0.3, 0.4) is 0 Å². The van der Waals surface area contributed by atoms with Gasteiger partial charge in [0.1, 0.15) is 0 Å². The molecule has 37 heavy (non-hydrogen) atoms. The number of ether oxygens (including phenoxy) is 2. The number of hydrogen-bond acceptors (Lipinski definition) is 6. The number of carbonyl (C=O) groups is 1. The fourth-order valence-corrected chi connectivity index (χ4v) is 5.85. The van der Waals surface area contributed by atoms with Gasteiger partial charge in [-0.05, 0) is 67.1 Å². The fourth-order valence-electron chi connectivity index (χ4n) is 4.76. The number of halogens is 1. The van der Waals surface area contributed by atoms with E-state index in [1.807, 2.05) is 53.4 Å². The topological polar surface area (TPSA) is 45.3 Å². The molecular formula is C29H32ClN3O3S. The number of hydrogen-bond donors (Lipinski definition) is 0. The molecule has 0 saturated carbocycles. The molecule has 0 atom stereocenters. The molecule has 6 nitrogen and oxygen atoms in total. The minimum Gasteiger partial charge on any atom is -0.454 e. The van der Waals surface area contributed by atoms with Crippen LogP contribution in [0.1, 0.15) is 18.9 Å². The molecule has 1 amide bonds. The molecule has 8 heteroatoms.